The molecule has 0 spiro atoms. The molecule has 0 saturated heterocycles. The molecule has 7 nitrogen and oxygen atoms in total. The van der Waals surface area contributed by atoms with Gasteiger partial charge in [0.2, 0.25) is 0 Å². The van der Waals surface area contributed by atoms with Crippen molar-refractivity contribution < 1.29 is 14.0 Å². The molecule has 162 valence electrons. The van der Waals surface area contributed by atoms with E-state index in [4.69, 9.17) is 14.0 Å². The lowest BCUT2D eigenvalue weighted by Gasteiger charge is -2.12. The number of aliphatic imine (C=N–C) groups is 1. The SMILES string of the molecule is CCC(CC)c1cc(CNC(=NC)NCc2cccc(OCCOC)c2)on1.I. The van der Waals surface area contributed by atoms with E-state index in [1.165, 1.54) is 0 Å². The number of methoxy groups -OCH3 is 1. The summed E-state index contributed by atoms with van der Waals surface area (Å²) in [6, 6.07) is 9.99. The summed E-state index contributed by atoms with van der Waals surface area (Å²) >= 11 is 0. The van der Waals surface area contributed by atoms with Crippen LogP contribution >= 0.6 is 24.0 Å². The smallest absolute Gasteiger partial charge is 0.191 e. The highest BCUT2D eigenvalue weighted by Crippen LogP contribution is 2.22. The molecule has 2 N–H and O–H groups in total. The highest BCUT2D eigenvalue weighted by Gasteiger charge is 2.13. The van der Waals surface area contributed by atoms with Gasteiger partial charge in [-0.2, -0.15) is 0 Å². The molecule has 0 amide bonds. The molecular weight excluding hydrogens is 483 g/mol. The number of benzene rings is 1. The summed E-state index contributed by atoms with van der Waals surface area (Å²) in [6.07, 6.45) is 2.13. The molecule has 1 aromatic heterocycles. The number of guanidine groups is 1. The van der Waals surface area contributed by atoms with Crippen LogP contribution in [0.2, 0.25) is 0 Å². The number of rotatable bonds is 11. The molecule has 29 heavy (non-hydrogen) atoms. The van der Waals surface area contributed by atoms with E-state index in [0.29, 0.717) is 38.2 Å². The van der Waals surface area contributed by atoms with Gasteiger partial charge in [0, 0.05) is 32.7 Å². The van der Waals surface area contributed by atoms with Crippen molar-refractivity contribution in [2.24, 2.45) is 4.99 Å². The first-order valence-electron chi connectivity index (χ1n) is 9.80. The quantitative estimate of drug-likeness (QED) is 0.203. The standard InChI is InChI=1S/C21H32N4O3.HI/c1-5-17(6-2)20-13-19(28-25-20)15-24-21(22-3)23-14-16-8-7-9-18(12-16)27-11-10-26-4;/h7-9,12-13,17H,5-6,10-11,14-15H2,1-4H3,(H2,22,23,24);1H. The molecule has 0 aliphatic heterocycles. The molecule has 1 heterocycles. The van der Waals surface area contributed by atoms with E-state index >= 15 is 0 Å². The number of nitrogens with one attached hydrogen (secondary N) is 2. The second-order valence-corrected chi connectivity index (χ2v) is 6.50. The highest BCUT2D eigenvalue weighted by atomic mass is 127. The average Bonchev–Trinajstić information content (AvgIpc) is 3.18. The fourth-order valence-corrected chi connectivity index (χ4v) is 2.88. The highest BCUT2D eigenvalue weighted by molar-refractivity contribution is 14.0. The predicted octanol–water partition coefficient (Wildman–Crippen LogP) is 4.09. The van der Waals surface area contributed by atoms with Crippen molar-refractivity contribution >= 4 is 29.9 Å². The predicted molar refractivity (Wildman–Crippen MR) is 126 cm³/mol. The molecule has 0 unspecified atom stereocenters. The molecule has 0 aliphatic carbocycles. The van der Waals surface area contributed by atoms with E-state index in [0.717, 1.165) is 35.6 Å². The Morgan fingerprint density at radius 3 is 2.59 bits per heavy atom. The summed E-state index contributed by atoms with van der Waals surface area (Å²) in [5.41, 5.74) is 2.13. The van der Waals surface area contributed by atoms with E-state index in [2.05, 4.69) is 34.6 Å². The van der Waals surface area contributed by atoms with Gasteiger partial charge in [-0.25, -0.2) is 0 Å². The molecule has 0 radical (unpaired) electrons. The van der Waals surface area contributed by atoms with Crippen LogP contribution < -0.4 is 15.4 Å². The summed E-state index contributed by atoms with van der Waals surface area (Å²) < 4.78 is 16.1. The van der Waals surface area contributed by atoms with E-state index in [-0.39, 0.29) is 24.0 Å². The van der Waals surface area contributed by atoms with Crippen LogP contribution in [0.3, 0.4) is 0 Å². The Bertz CT molecular complexity index is 732. The van der Waals surface area contributed by atoms with Crippen LogP contribution in [0.5, 0.6) is 5.75 Å². The summed E-state index contributed by atoms with van der Waals surface area (Å²) in [7, 11) is 3.41. The van der Waals surface area contributed by atoms with Crippen molar-refractivity contribution in [3.63, 3.8) is 0 Å². The first kappa shape index (κ1) is 25.2. The van der Waals surface area contributed by atoms with Gasteiger partial charge in [-0.15, -0.1) is 24.0 Å². The molecular formula is C21H33IN4O3. The normalized spacial score (nSPS) is 11.3. The third kappa shape index (κ3) is 8.61. The minimum Gasteiger partial charge on any atom is -0.491 e. The lowest BCUT2D eigenvalue weighted by atomic mass is 9.99. The van der Waals surface area contributed by atoms with Crippen LogP contribution in [-0.2, 0) is 17.8 Å². The third-order valence-corrected chi connectivity index (χ3v) is 4.55. The molecule has 0 saturated carbocycles. The number of nitrogens with zero attached hydrogens (tertiary/aromatic N) is 2. The second kappa shape index (κ2) is 14.2. The summed E-state index contributed by atoms with van der Waals surface area (Å²) in [5, 5.41) is 10.8. The first-order chi connectivity index (χ1) is 13.7. The number of hydrogen-bond acceptors (Lipinski definition) is 5. The minimum absolute atomic E-state index is 0. The Balaban J connectivity index is 0.00000420. The summed E-state index contributed by atoms with van der Waals surface area (Å²) in [6.45, 7) is 6.62. The summed E-state index contributed by atoms with van der Waals surface area (Å²) in [5.74, 6) is 2.78. The average molecular weight is 516 g/mol. The van der Waals surface area contributed by atoms with Gasteiger partial charge in [0.05, 0.1) is 18.8 Å². The van der Waals surface area contributed by atoms with Crippen LogP contribution in [0.25, 0.3) is 0 Å². The van der Waals surface area contributed by atoms with Crippen molar-refractivity contribution in [2.45, 2.75) is 45.7 Å². The zero-order valence-corrected chi connectivity index (χ0v) is 20.1. The Labute approximate surface area is 190 Å². The van der Waals surface area contributed by atoms with Gasteiger partial charge in [-0.3, -0.25) is 4.99 Å². The van der Waals surface area contributed by atoms with Gasteiger partial charge in [0.25, 0.3) is 0 Å². The number of aromatic nitrogens is 1. The van der Waals surface area contributed by atoms with Gasteiger partial charge in [0.1, 0.15) is 12.4 Å². The fraction of sp³-hybridized carbons (Fsp3) is 0.524. The van der Waals surface area contributed by atoms with Gasteiger partial charge in [-0.05, 0) is 30.5 Å². The topological polar surface area (TPSA) is 80.9 Å². The molecule has 2 aromatic rings. The maximum absolute atomic E-state index is 5.65. The monoisotopic (exact) mass is 516 g/mol. The van der Waals surface area contributed by atoms with Crippen LogP contribution in [-0.4, -0.2) is 38.5 Å². The number of halogens is 1. The Hall–Kier alpha value is -1.81. The van der Waals surface area contributed by atoms with Crippen molar-refractivity contribution in [1.29, 1.82) is 0 Å². The van der Waals surface area contributed by atoms with Crippen LogP contribution in [0, 0.1) is 0 Å². The van der Waals surface area contributed by atoms with Crippen LogP contribution in [0.1, 0.15) is 49.6 Å². The maximum Gasteiger partial charge on any atom is 0.191 e. The van der Waals surface area contributed by atoms with E-state index in [9.17, 15) is 0 Å². The molecule has 0 fully saturated rings. The lowest BCUT2D eigenvalue weighted by molar-refractivity contribution is 0.146. The van der Waals surface area contributed by atoms with Crippen LogP contribution in [0.15, 0.2) is 39.8 Å². The molecule has 0 bridgehead atoms. The van der Waals surface area contributed by atoms with E-state index in [1.807, 2.05) is 30.3 Å². The zero-order chi connectivity index (χ0) is 20.2. The fourth-order valence-electron chi connectivity index (χ4n) is 2.88. The number of hydrogen-bond donors (Lipinski definition) is 2. The molecule has 2 rings (SSSR count). The summed E-state index contributed by atoms with van der Waals surface area (Å²) in [4.78, 5) is 4.26. The molecule has 8 heteroatoms. The van der Waals surface area contributed by atoms with Gasteiger partial charge < -0.3 is 24.6 Å². The molecule has 1 aromatic carbocycles. The first-order valence-corrected chi connectivity index (χ1v) is 9.80. The minimum atomic E-state index is 0. The largest absolute Gasteiger partial charge is 0.491 e. The zero-order valence-electron chi connectivity index (χ0n) is 17.7. The van der Waals surface area contributed by atoms with E-state index < -0.39 is 0 Å². The Morgan fingerprint density at radius 1 is 1.14 bits per heavy atom. The Kier molecular flexibility index (Phi) is 12.4. The van der Waals surface area contributed by atoms with Crippen molar-refractivity contribution in [1.82, 2.24) is 15.8 Å². The third-order valence-electron chi connectivity index (χ3n) is 4.55. The van der Waals surface area contributed by atoms with E-state index in [1.54, 1.807) is 14.2 Å². The van der Waals surface area contributed by atoms with Crippen LogP contribution in [0.4, 0.5) is 0 Å². The Morgan fingerprint density at radius 2 is 1.90 bits per heavy atom. The van der Waals surface area contributed by atoms with Gasteiger partial charge in [-0.1, -0.05) is 31.1 Å². The molecule has 0 atom stereocenters. The van der Waals surface area contributed by atoms with Crippen molar-refractivity contribution in [3.05, 3.63) is 47.3 Å². The number of ether oxygens (including phenoxy) is 2. The molecule has 0 aliphatic rings. The lowest BCUT2D eigenvalue weighted by Crippen LogP contribution is -2.36. The van der Waals surface area contributed by atoms with Gasteiger partial charge in [0.15, 0.2) is 11.7 Å². The van der Waals surface area contributed by atoms with Gasteiger partial charge >= 0.3 is 0 Å². The maximum atomic E-state index is 5.65. The second-order valence-electron chi connectivity index (χ2n) is 6.50. The van der Waals surface area contributed by atoms with Crippen molar-refractivity contribution in [3.8, 4) is 5.75 Å². The van der Waals surface area contributed by atoms with Crippen molar-refractivity contribution in [2.75, 3.05) is 27.4 Å².